The van der Waals surface area contributed by atoms with E-state index < -0.39 is 18.6 Å². The van der Waals surface area contributed by atoms with E-state index in [4.69, 9.17) is 5.73 Å². The average Bonchev–Trinajstić information content (AvgIpc) is 2.36. The molecule has 1 aromatic rings. The van der Waals surface area contributed by atoms with Crippen molar-refractivity contribution in [2.45, 2.75) is 39.8 Å². The van der Waals surface area contributed by atoms with Gasteiger partial charge < -0.3 is 10.6 Å². The second kappa shape index (κ2) is 6.83. The summed E-state index contributed by atoms with van der Waals surface area (Å²) in [6.45, 7) is 4.21. The number of carbonyl (C=O) groups is 1. The summed E-state index contributed by atoms with van der Waals surface area (Å²) in [6.07, 6.45) is -3.16. The Labute approximate surface area is 122 Å². The van der Waals surface area contributed by atoms with Crippen molar-refractivity contribution in [3.63, 3.8) is 0 Å². The molecule has 118 valence electrons. The number of unbranched alkanes of at least 4 members (excludes halogenated alkanes) is 1. The van der Waals surface area contributed by atoms with Crippen LogP contribution in [0.25, 0.3) is 0 Å². The first kappa shape index (κ1) is 17.3. The smallest absolute Gasteiger partial charge is 0.398 e. The van der Waals surface area contributed by atoms with Crippen molar-refractivity contribution >= 4 is 11.6 Å². The van der Waals surface area contributed by atoms with E-state index in [9.17, 15) is 18.0 Å². The van der Waals surface area contributed by atoms with Gasteiger partial charge in [-0.05, 0) is 37.5 Å². The van der Waals surface area contributed by atoms with Crippen LogP contribution in [0, 0.1) is 13.8 Å². The summed E-state index contributed by atoms with van der Waals surface area (Å²) < 4.78 is 37.9. The first-order chi connectivity index (χ1) is 9.65. The van der Waals surface area contributed by atoms with Crippen LogP contribution in [0.15, 0.2) is 12.1 Å². The molecule has 0 fully saturated rings. The fourth-order valence-electron chi connectivity index (χ4n) is 2.09. The summed E-state index contributed by atoms with van der Waals surface area (Å²) in [5, 5.41) is 0. The molecule has 0 spiro atoms. The third kappa shape index (κ3) is 4.95. The summed E-state index contributed by atoms with van der Waals surface area (Å²) >= 11 is 0. The molecule has 0 aliphatic heterocycles. The molecule has 0 aliphatic carbocycles. The number of rotatable bonds is 5. The molecule has 0 unspecified atom stereocenters. The molecule has 1 amide bonds. The zero-order chi connectivity index (χ0) is 16.2. The monoisotopic (exact) mass is 302 g/mol. The molecule has 1 rings (SSSR count). The lowest BCUT2D eigenvalue weighted by Crippen LogP contribution is -2.39. The van der Waals surface area contributed by atoms with Gasteiger partial charge in [0.25, 0.3) is 5.91 Å². The Morgan fingerprint density at radius 3 is 2.38 bits per heavy atom. The van der Waals surface area contributed by atoms with Gasteiger partial charge in [-0.3, -0.25) is 4.79 Å². The third-order valence-electron chi connectivity index (χ3n) is 3.28. The number of aryl methyl sites for hydroxylation is 2. The summed E-state index contributed by atoms with van der Waals surface area (Å²) in [6, 6.07) is 3.18. The van der Waals surface area contributed by atoms with Gasteiger partial charge in [-0.15, -0.1) is 0 Å². The zero-order valence-electron chi connectivity index (χ0n) is 12.5. The highest BCUT2D eigenvalue weighted by Gasteiger charge is 2.33. The normalized spacial score (nSPS) is 11.5. The number of nitrogen functional groups attached to an aromatic ring is 1. The average molecular weight is 302 g/mol. The van der Waals surface area contributed by atoms with Crippen LogP contribution in [0.2, 0.25) is 0 Å². The van der Waals surface area contributed by atoms with Crippen LogP contribution < -0.4 is 5.73 Å². The third-order valence-corrected chi connectivity index (χ3v) is 3.28. The number of nitrogens with two attached hydrogens (primary N) is 1. The van der Waals surface area contributed by atoms with Gasteiger partial charge in [-0.25, -0.2) is 0 Å². The number of anilines is 1. The van der Waals surface area contributed by atoms with Crippen LogP contribution in [-0.2, 0) is 0 Å². The lowest BCUT2D eigenvalue weighted by molar-refractivity contribution is -0.140. The highest BCUT2D eigenvalue weighted by atomic mass is 19.4. The van der Waals surface area contributed by atoms with Crippen molar-refractivity contribution in [3.05, 3.63) is 28.8 Å². The molecular formula is C15H21F3N2O. The molecule has 0 bridgehead atoms. The van der Waals surface area contributed by atoms with Crippen molar-refractivity contribution in [1.82, 2.24) is 4.90 Å². The first-order valence-electron chi connectivity index (χ1n) is 6.88. The minimum Gasteiger partial charge on any atom is -0.398 e. The second-order valence-corrected chi connectivity index (χ2v) is 5.22. The fraction of sp³-hybridized carbons (Fsp3) is 0.533. The predicted molar refractivity (Wildman–Crippen MR) is 77.2 cm³/mol. The lowest BCUT2D eigenvalue weighted by atomic mass is 10.0. The van der Waals surface area contributed by atoms with Crippen LogP contribution in [-0.4, -0.2) is 30.1 Å². The number of nitrogens with zero attached hydrogens (tertiary/aromatic N) is 1. The van der Waals surface area contributed by atoms with Gasteiger partial charge in [0, 0.05) is 17.8 Å². The zero-order valence-corrected chi connectivity index (χ0v) is 12.5. The number of amides is 1. The van der Waals surface area contributed by atoms with Gasteiger partial charge in [-0.2, -0.15) is 13.2 Å². The molecule has 0 saturated carbocycles. The van der Waals surface area contributed by atoms with E-state index >= 15 is 0 Å². The van der Waals surface area contributed by atoms with E-state index in [2.05, 4.69) is 0 Å². The maximum Gasteiger partial charge on any atom is 0.406 e. The van der Waals surface area contributed by atoms with Crippen LogP contribution in [0.5, 0.6) is 0 Å². The van der Waals surface area contributed by atoms with Crippen molar-refractivity contribution in [2.75, 3.05) is 18.8 Å². The van der Waals surface area contributed by atoms with Crippen LogP contribution in [0.4, 0.5) is 18.9 Å². The number of hydrogen-bond acceptors (Lipinski definition) is 2. The van der Waals surface area contributed by atoms with Gasteiger partial charge in [0.05, 0.1) is 0 Å². The molecule has 0 saturated heterocycles. The van der Waals surface area contributed by atoms with Gasteiger partial charge in [-0.1, -0.05) is 19.4 Å². The van der Waals surface area contributed by atoms with Gasteiger partial charge >= 0.3 is 6.18 Å². The number of carbonyl (C=O) groups excluding carboxylic acids is 1. The lowest BCUT2D eigenvalue weighted by Gasteiger charge is -2.25. The largest absolute Gasteiger partial charge is 0.406 e. The molecule has 0 heterocycles. The van der Waals surface area contributed by atoms with Crippen molar-refractivity contribution in [3.8, 4) is 0 Å². The Kier molecular flexibility index (Phi) is 5.63. The molecule has 2 N–H and O–H groups in total. The Bertz CT molecular complexity index is 512. The molecule has 0 aliphatic rings. The molecule has 0 aromatic heterocycles. The molecule has 0 atom stereocenters. The highest BCUT2D eigenvalue weighted by molar-refractivity contribution is 5.96. The van der Waals surface area contributed by atoms with Crippen molar-refractivity contribution < 1.29 is 18.0 Å². The van der Waals surface area contributed by atoms with E-state index in [1.54, 1.807) is 19.9 Å². The van der Waals surface area contributed by atoms with Crippen molar-refractivity contribution in [1.29, 1.82) is 0 Å². The maximum atomic E-state index is 12.6. The molecular weight excluding hydrogens is 281 g/mol. The maximum absolute atomic E-state index is 12.6. The van der Waals surface area contributed by atoms with Gasteiger partial charge in [0.15, 0.2) is 0 Å². The summed E-state index contributed by atoms with van der Waals surface area (Å²) in [7, 11) is 0. The fourth-order valence-corrected chi connectivity index (χ4v) is 2.09. The molecule has 1 aromatic carbocycles. The summed E-state index contributed by atoms with van der Waals surface area (Å²) in [4.78, 5) is 13.2. The second-order valence-electron chi connectivity index (χ2n) is 5.22. The number of benzene rings is 1. The van der Waals surface area contributed by atoms with Gasteiger partial charge in [0.1, 0.15) is 6.54 Å². The first-order valence-corrected chi connectivity index (χ1v) is 6.88. The summed E-state index contributed by atoms with van der Waals surface area (Å²) in [5.74, 6) is -0.620. The van der Waals surface area contributed by atoms with Crippen LogP contribution in [0.3, 0.4) is 0 Å². The van der Waals surface area contributed by atoms with E-state index in [-0.39, 0.29) is 12.1 Å². The van der Waals surface area contributed by atoms with E-state index in [0.29, 0.717) is 17.7 Å². The van der Waals surface area contributed by atoms with E-state index in [0.717, 1.165) is 16.9 Å². The standard InChI is InChI=1S/C15H21F3N2O/c1-4-5-6-20(9-15(16,17)18)14(21)12-8-13(19)11(3)7-10(12)2/h7-8H,4-6,9,19H2,1-3H3. The highest BCUT2D eigenvalue weighted by Crippen LogP contribution is 2.22. The Hall–Kier alpha value is -1.72. The number of alkyl halides is 3. The van der Waals surface area contributed by atoms with E-state index in [1.807, 2.05) is 6.92 Å². The predicted octanol–water partition coefficient (Wildman–Crippen LogP) is 3.69. The minimum absolute atomic E-state index is 0.0854. The Morgan fingerprint density at radius 1 is 1.24 bits per heavy atom. The number of halogens is 3. The summed E-state index contributed by atoms with van der Waals surface area (Å²) in [5.41, 5.74) is 7.85. The van der Waals surface area contributed by atoms with Crippen LogP contribution >= 0.6 is 0 Å². The van der Waals surface area contributed by atoms with Crippen molar-refractivity contribution in [2.24, 2.45) is 0 Å². The quantitative estimate of drug-likeness (QED) is 0.843. The molecule has 21 heavy (non-hydrogen) atoms. The van der Waals surface area contributed by atoms with Gasteiger partial charge in [0.2, 0.25) is 0 Å². The molecule has 3 nitrogen and oxygen atoms in total. The molecule has 0 radical (unpaired) electrons. The van der Waals surface area contributed by atoms with E-state index in [1.165, 1.54) is 6.07 Å². The Morgan fingerprint density at radius 2 is 1.86 bits per heavy atom. The Balaban J connectivity index is 3.07. The van der Waals surface area contributed by atoms with Crippen LogP contribution in [0.1, 0.15) is 41.3 Å². The number of hydrogen-bond donors (Lipinski definition) is 1. The minimum atomic E-state index is -4.41. The topological polar surface area (TPSA) is 46.3 Å². The molecule has 6 heteroatoms. The SMILES string of the molecule is CCCCN(CC(F)(F)F)C(=O)c1cc(N)c(C)cc1C.